The first-order valence-corrected chi connectivity index (χ1v) is 6.95. The second-order valence-electron chi connectivity index (χ2n) is 4.66. The van der Waals surface area contributed by atoms with E-state index >= 15 is 0 Å². The number of aromatic nitrogens is 2. The molecule has 0 aliphatic carbocycles. The maximum atomic E-state index is 5.46. The van der Waals surface area contributed by atoms with Crippen LogP contribution in [-0.4, -0.2) is 16.7 Å². The molecule has 1 heterocycles. The number of rotatable bonds is 7. The summed E-state index contributed by atoms with van der Waals surface area (Å²) >= 11 is 0. The molecule has 2 rings (SSSR count). The van der Waals surface area contributed by atoms with Crippen LogP contribution in [0.4, 0.5) is 0 Å². The predicted octanol–water partition coefficient (Wildman–Crippen LogP) is 2.97. The summed E-state index contributed by atoms with van der Waals surface area (Å²) in [6.45, 7) is 2.89. The van der Waals surface area contributed by atoms with E-state index in [2.05, 4.69) is 29.2 Å². The standard InChI is InChI=1S/C15H21N3O/c1-2-12-7-9-13(10-8-12)15-17-14(19-18-15)6-4-3-5-11-16/h7-10H,2-6,11,16H2,1H3. The summed E-state index contributed by atoms with van der Waals surface area (Å²) in [5.74, 6) is 1.39. The van der Waals surface area contributed by atoms with Gasteiger partial charge < -0.3 is 10.3 Å². The van der Waals surface area contributed by atoms with E-state index in [-0.39, 0.29) is 0 Å². The fourth-order valence-electron chi connectivity index (χ4n) is 1.96. The van der Waals surface area contributed by atoms with Gasteiger partial charge in [-0.15, -0.1) is 0 Å². The summed E-state index contributed by atoms with van der Waals surface area (Å²) < 4.78 is 5.26. The molecule has 102 valence electrons. The molecule has 1 aromatic carbocycles. The third-order valence-corrected chi connectivity index (χ3v) is 3.18. The Balaban J connectivity index is 1.95. The molecule has 0 amide bonds. The second-order valence-corrected chi connectivity index (χ2v) is 4.66. The molecule has 0 bridgehead atoms. The first-order chi connectivity index (χ1) is 9.33. The topological polar surface area (TPSA) is 64.9 Å². The van der Waals surface area contributed by atoms with Gasteiger partial charge in [-0.1, -0.05) is 42.8 Å². The van der Waals surface area contributed by atoms with Gasteiger partial charge >= 0.3 is 0 Å². The number of unbranched alkanes of at least 4 members (excludes halogenated alkanes) is 2. The van der Waals surface area contributed by atoms with Crippen LogP contribution in [-0.2, 0) is 12.8 Å². The van der Waals surface area contributed by atoms with Crippen LogP contribution in [0.15, 0.2) is 28.8 Å². The Morgan fingerprint density at radius 1 is 1.11 bits per heavy atom. The van der Waals surface area contributed by atoms with Crippen LogP contribution in [0.25, 0.3) is 11.4 Å². The van der Waals surface area contributed by atoms with Gasteiger partial charge in [0, 0.05) is 12.0 Å². The Kier molecular flexibility index (Phi) is 5.10. The Bertz CT molecular complexity index is 490. The monoisotopic (exact) mass is 259 g/mol. The lowest BCUT2D eigenvalue weighted by Crippen LogP contribution is -1.98. The molecule has 0 spiro atoms. The van der Waals surface area contributed by atoms with Gasteiger partial charge in [0.25, 0.3) is 0 Å². The zero-order valence-corrected chi connectivity index (χ0v) is 11.4. The van der Waals surface area contributed by atoms with Crippen molar-refractivity contribution in [2.45, 2.75) is 39.0 Å². The molecular weight excluding hydrogens is 238 g/mol. The van der Waals surface area contributed by atoms with Gasteiger partial charge in [-0.3, -0.25) is 0 Å². The summed E-state index contributed by atoms with van der Waals surface area (Å²) in [7, 11) is 0. The number of hydrogen-bond donors (Lipinski definition) is 1. The fraction of sp³-hybridized carbons (Fsp3) is 0.467. The second kappa shape index (κ2) is 7.04. The minimum absolute atomic E-state index is 0.677. The molecule has 0 saturated heterocycles. The van der Waals surface area contributed by atoms with Crippen LogP contribution < -0.4 is 5.73 Å². The molecule has 0 unspecified atom stereocenters. The molecule has 0 saturated carbocycles. The van der Waals surface area contributed by atoms with Gasteiger partial charge in [0.15, 0.2) is 0 Å². The molecule has 0 aliphatic rings. The van der Waals surface area contributed by atoms with Gasteiger partial charge in [0.2, 0.25) is 11.7 Å². The van der Waals surface area contributed by atoms with Crippen molar-refractivity contribution in [3.05, 3.63) is 35.7 Å². The van der Waals surface area contributed by atoms with Crippen LogP contribution >= 0.6 is 0 Å². The van der Waals surface area contributed by atoms with E-state index < -0.39 is 0 Å². The first-order valence-electron chi connectivity index (χ1n) is 6.95. The van der Waals surface area contributed by atoms with Crippen LogP contribution in [0.5, 0.6) is 0 Å². The SMILES string of the molecule is CCc1ccc(-c2noc(CCCCCN)n2)cc1. The maximum absolute atomic E-state index is 5.46. The van der Waals surface area contributed by atoms with E-state index in [0.717, 1.165) is 44.2 Å². The zero-order valence-electron chi connectivity index (χ0n) is 11.4. The van der Waals surface area contributed by atoms with Gasteiger partial charge in [0.05, 0.1) is 0 Å². The molecule has 4 nitrogen and oxygen atoms in total. The molecule has 0 radical (unpaired) electrons. The van der Waals surface area contributed by atoms with Crippen molar-refractivity contribution >= 4 is 0 Å². The van der Waals surface area contributed by atoms with Gasteiger partial charge in [-0.05, 0) is 31.4 Å². The molecular formula is C15H21N3O. The number of benzene rings is 1. The first kappa shape index (κ1) is 13.7. The van der Waals surface area contributed by atoms with Gasteiger partial charge in [-0.25, -0.2) is 0 Å². The Labute approximate surface area is 114 Å². The maximum Gasteiger partial charge on any atom is 0.226 e. The van der Waals surface area contributed by atoms with E-state index in [1.165, 1.54) is 5.56 Å². The van der Waals surface area contributed by atoms with Crippen molar-refractivity contribution in [1.29, 1.82) is 0 Å². The zero-order chi connectivity index (χ0) is 13.5. The number of nitrogens with two attached hydrogens (primary N) is 1. The molecule has 2 aromatic rings. The minimum Gasteiger partial charge on any atom is -0.339 e. The van der Waals surface area contributed by atoms with Gasteiger partial charge in [0.1, 0.15) is 0 Å². The number of aryl methyl sites for hydroxylation is 2. The molecule has 19 heavy (non-hydrogen) atoms. The van der Waals surface area contributed by atoms with E-state index in [4.69, 9.17) is 10.3 Å². The van der Waals surface area contributed by atoms with Crippen LogP contribution in [0.1, 0.15) is 37.6 Å². The average Bonchev–Trinajstić information content (AvgIpc) is 2.92. The summed E-state index contributed by atoms with van der Waals surface area (Å²) in [4.78, 5) is 4.42. The third-order valence-electron chi connectivity index (χ3n) is 3.18. The van der Waals surface area contributed by atoms with Crippen LogP contribution in [0.2, 0.25) is 0 Å². The molecule has 0 fully saturated rings. The molecule has 4 heteroatoms. The normalized spacial score (nSPS) is 10.8. The number of nitrogens with zero attached hydrogens (tertiary/aromatic N) is 2. The smallest absolute Gasteiger partial charge is 0.226 e. The summed E-state index contributed by atoms with van der Waals surface area (Å²) in [6, 6.07) is 8.29. The van der Waals surface area contributed by atoms with Crippen molar-refractivity contribution in [2.24, 2.45) is 5.73 Å². The summed E-state index contributed by atoms with van der Waals surface area (Å²) in [5, 5.41) is 4.03. The number of hydrogen-bond acceptors (Lipinski definition) is 4. The minimum atomic E-state index is 0.677. The van der Waals surface area contributed by atoms with Crippen molar-refractivity contribution in [3.8, 4) is 11.4 Å². The lowest BCUT2D eigenvalue weighted by Gasteiger charge is -1.97. The highest BCUT2D eigenvalue weighted by molar-refractivity contribution is 5.54. The van der Waals surface area contributed by atoms with Crippen LogP contribution in [0, 0.1) is 0 Å². The van der Waals surface area contributed by atoms with Crippen LogP contribution in [0.3, 0.4) is 0 Å². The van der Waals surface area contributed by atoms with Crippen molar-refractivity contribution in [3.63, 3.8) is 0 Å². The van der Waals surface area contributed by atoms with Crippen molar-refractivity contribution < 1.29 is 4.52 Å². The summed E-state index contributed by atoms with van der Waals surface area (Å²) in [6.07, 6.45) is 5.09. The largest absolute Gasteiger partial charge is 0.339 e. The van der Waals surface area contributed by atoms with E-state index in [0.29, 0.717) is 11.7 Å². The Morgan fingerprint density at radius 3 is 2.58 bits per heavy atom. The van der Waals surface area contributed by atoms with E-state index in [9.17, 15) is 0 Å². The van der Waals surface area contributed by atoms with Crippen molar-refractivity contribution in [2.75, 3.05) is 6.54 Å². The predicted molar refractivity (Wildman–Crippen MR) is 75.7 cm³/mol. The van der Waals surface area contributed by atoms with E-state index in [1.807, 2.05) is 12.1 Å². The quantitative estimate of drug-likeness (QED) is 0.776. The lowest BCUT2D eigenvalue weighted by molar-refractivity contribution is 0.374. The Morgan fingerprint density at radius 2 is 1.89 bits per heavy atom. The molecule has 2 N–H and O–H groups in total. The lowest BCUT2D eigenvalue weighted by atomic mass is 10.1. The fourth-order valence-corrected chi connectivity index (χ4v) is 1.96. The molecule has 0 aliphatic heterocycles. The molecule has 0 atom stereocenters. The average molecular weight is 259 g/mol. The highest BCUT2D eigenvalue weighted by Crippen LogP contribution is 2.17. The van der Waals surface area contributed by atoms with Crippen molar-refractivity contribution in [1.82, 2.24) is 10.1 Å². The van der Waals surface area contributed by atoms with E-state index in [1.54, 1.807) is 0 Å². The Hall–Kier alpha value is -1.68. The third kappa shape index (κ3) is 3.89. The van der Waals surface area contributed by atoms with Gasteiger partial charge in [-0.2, -0.15) is 4.98 Å². The summed E-state index contributed by atoms with van der Waals surface area (Å²) in [5.41, 5.74) is 7.78. The molecule has 1 aromatic heterocycles. The highest BCUT2D eigenvalue weighted by Gasteiger charge is 2.08. The highest BCUT2D eigenvalue weighted by atomic mass is 16.5.